The van der Waals surface area contributed by atoms with E-state index in [1.807, 2.05) is 27.7 Å². The molecule has 14 heteroatoms. The van der Waals surface area contributed by atoms with Crippen molar-refractivity contribution in [3.05, 3.63) is 51.6 Å². The number of fused-ring (bicyclic) bond motifs is 6. The van der Waals surface area contributed by atoms with E-state index < -0.39 is 88.4 Å². The van der Waals surface area contributed by atoms with Gasteiger partial charge in [0.25, 0.3) is 0 Å². The van der Waals surface area contributed by atoms with Crippen molar-refractivity contribution < 1.29 is 58.2 Å². The second-order valence-corrected chi connectivity index (χ2v) is 14.8. The normalized spacial score (nSPS) is 30.5. The highest BCUT2D eigenvalue weighted by molar-refractivity contribution is 6.31. The lowest BCUT2D eigenvalue weighted by atomic mass is 9.72. The quantitative estimate of drug-likeness (QED) is 0.340. The van der Waals surface area contributed by atoms with Crippen LogP contribution in [-0.4, -0.2) is 117 Å². The van der Waals surface area contributed by atoms with Crippen LogP contribution in [0.4, 0.5) is 4.79 Å². The van der Waals surface area contributed by atoms with Crippen molar-refractivity contribution in [3.63, 3.8) is 0 Å². The molecule has 2 aliphatic carbocycles. The van der Waals surface area contributed by atoms with Crippen molar-refractivity contribution in [2.75, 3.05) is 26.7 Å². The molecule has 50 heavy (non-hydrogen) atoms. The molecule has 3 fully saturated rings. The number of benzene rings is 2. The van der Waals surface area contributed by atoms with E-state index >= 15 is 0 Å². The largest absolute Gasteiger partial charge is 0.507 e. The van der Waals surface area contributed by atoms with Gasteiger partial charge in [-0.3, -0.25) is 19.3 Å². The molecule has 2 aromatic carbocycles. The summed E-state index contributed by atoms with van der Waals surface area (Å²) in [6.45, 7) is 9.74. The Kier molecular flexibility index (Phi) is 8.26. The van der Waals surface area contributed by atoms with Gasteiger partial charge in [0.05, 0.1) is 42.6 Å². The van der Waals surface area contributed by atoms with E-state index in [4.69, 9.17) is 23.7 Å². The molecular weight excluding hydrogens is 652 g/mol. The molecule has 0 aromatic heterocycles. The Morgan fingerprint density at radius 3 is 2.42 bits per heavy atom. The third-order valence-corrected chi connectivity index (χ3v) is 10.5. The number of phenolic OH excluding ortho intramolecular Hbond substituents is 2. The van der Waals surface area contributed by atoms with E-state index in [1.54, 1.807) is 4.90 Å². The third kappa shape index (κ3) is 5.44. The van der Waals surface area contributed by atoms with Gasteiger partial charge in [0.1, 0.15) is 40.8 Å². The van der Waals surface area contributed by atoms with Crippen LogP contribution < -0.4 is 4.74 Å². The second-order valence-electron chi connectivity index (χ2n) is 14.8. The van der Waals surface area contributed by atoms with E-state index in [0.29, 0.717) is 26.1 Å². The van der Waals surface area contributed by atoms with Crippen molar-refractivity contribution in [1.82, 2.24) is 9.80 Å². The van der Waals surface area contributed by atoms with Crippen molar-refractivity contribution >= 4 is 23.4 Å². The first-order valence-electron chi connectivity index (χ1n) is 16.8. The molecule has 268 valence electrons. The fraction of sp³-hybridized carbons (Fsp3) is 0.556. The van der Waals surface area contributed by atoms with Crippen LogP contribution in [0.3, 0.4) is 0 Å². The van der Waals surface area contributed by atoms with E-state index in [-0.39, 0.29) is 46.6 Å². The molecule has 3 N–H and O–H groups in total. The number of methoxy groups -OCH3 is 1. The maximum Gasteiger partial charge on any atom is 0.410 e. The van der Waals surface area contributed by atoms with E-state index in [1.165, 1.54) is 32.2 Å². The number of ketones is 3. The van der Waals surface area contributed by atoms with Gasteiger partial charge in [-0.2, -0.15) is 0 Å². The van der Waals surface area contributed by atoms with Crippen molar-refractivity contribution in [2.24, 2.45) is 0 Å². The first-order valence-corrected chi connectivity index (χ1v) is 16.8. The van der Waals surface area contributed by atoms with Gasteiger partial charge in [-0.25, -0.2) is 4.79 Å². The Bertz CT molecular complexity index is 1800. The molecule has 14 nitrogen and oxygen atoms in total. The van der Waals surface area contributed by atoms with Gasteiger partial charge in [0.15, 0.2) is 17.9 Å². The molecule has 3 saturated heterocycles. The summed E-state index contributed by atoms with van der Waals surface area (Å²) in [6.07, 6.45) is -4.17. The number of amides is 1. The fourth-order valence-electron chi connectivity index (χ4n) is 8.05. The lowest BCUT2D eigenvalue weighted by Gasteiger charge is -2.43. The van der Waals surface area contributed by atoms with Gasteiger partial charge < -0.3 is 43.9 Å². The van der Waals surface area contributed by atoms with Crippen molar-refractivity contribution in [2.45, 2.75) is 102 Å². The van der Waals surface area contributed by atoms with E-state index in [0.717, 1.165) is 0 Å². The van der Waals surface area contributed by atoms with Crippen LogP contribution in [0.15, 0.2) is 18.2 Å². The minimum absolute atomic E-state index is 0.00317. The minimum Gasteiger partial charge on any atom is -0.507 e. The van der Waals surface area contributed by atoms with Crippen LogP contribution in [0.2, 0.25) is 0 Å². The maximum absolute atomic E-state index is 13.9. The third-order valence-electron chi connectivity index (χ3n) is 10.5. The summed E-state index contributed by atoms with van der Waals surface area (Å²) in [6, 6.07) is 4.32. The highest BCUT2D eigenvalue weighted by atomic mass is 16.7. The zero-order chi connectivity index (χ0) is 36.0. The number of piperazine rings is 1. The number of rotatable bonds is 4. The van der Waals surface area contributed by atoms with Crippen molar-refractivity contribution in [3.8, 4) is 17.2 Å². The first kappa shape index (κ1) is 34.4. The average Bonchev–Trinajstić information content (AvgIpc) is 3.42. The van der Waals surface area contributed by atoms with Gasteiger partial charge in [-0.1, -0.05) is 12.1 Å². The van der Waals surface area contributed by atoms with Crippen LogP contribution in [0.25, 0.3) is 0 Å². The Morgan fingerprint density at radius 2 is 1.74 bits per heavy atom. The lowest BCUT2D eigenvalue weighted by Crippen LogP contribution is -2.57. The predicted octanol–water partition coefficient (Wildman–Crippen LogP) is 2.99. The zero-order valence-corrected chi connectivity index (χ0v) is 28.8. The first-order chi connectivity index (χ1) is 23.5. The standard InChI is InChI=1S/C36H42N2O12/c1-16-33-20(38-11-10-37(15-23(38)49-33)34(44)50-35(3,4)5)12-24(47-16)48-22-14-36(45,17(2)39)13-19-26(22)32(43)28-27(30(19)41)29(40)18-8-7-9-21(46-6)25(18)31(28)42/h7-9,16,20,22-24,33,41,43,45H,10-15H2,1-6H3/t16-,20?,22-,23?,24-,33?,36-/m0/s1. The van der Waals surface area contributed by atoms with Crippen LogP contribution in [-0.2, 0) is 30.2 Å². The molecule has 0 spiro atoms. The smallest absolute Gasteiger partial charge is 0.410 e. The Balaban J connectivity index is 1.20. The number of aliphatic hydroxyl groups is 1. The molecule has 0 saturated carbocycles. The van der Waals surface area contributed by atoms with Crippen LogP contribution in [0, 0.1) is 0 Å². The molecule has 1 amide bonds. The summed E-state index contributed by atoms with van der Waals surface area (Å²) in [5, 5.41) is 35.0. The molecule has 5 aliphatic rings. The lowest BCUT2D eigenvalue weighted by molar-refractivity contribution is -0.247. The van der Waals surface area contributed by atoms with Gasteiger partial charge >= 0.3 is 6.09 Å². The number of phenols is 2. The number of nitrogens with zero attached hydrogens (tertiary/aromatic N) is 2. The summed E-state index contributed by atoms with van der Waals surface area (Å²) in [7, 11) is 1.35. The Morgan fingerprint density at radius 1 is 1.02 bits per heavy atom. The molecule has 7 atom stereocenters. The molecule has 0 radical (unpaired) electrons. The molecule has 3 aliphatic heterocycles. The van der Waals surface area contributed by atoms with Crippen LogP contribution in [0.5, 0.6) is 17.2 Å². The summed E-state index contributed by atoms with van der Waals surface area (Å²) < 4.78 is 30.0. The highest BCUT2D eigenvalue weighted by Crippen LogP contribution is 2.53. The predicted molar refractivity (Wildman–Crippen MR) is 173 cm³/mol. The fourth-order valence-corrected chi connectivity index (χ4v) is 8.05. The van der Waals surface area contributed by atoms with Gasteiger partial charge in [-0.15, -0.1) is 0 Å². The number of carbonyl (C=O) groups excluding carboxylic acids is 4. The summed E-state index contributed by atoms with van der Waals surface area (Å²) >= 11 is 0. The molecule has 0 bridgehead atoms. The Hall–Kier alpha value is -4.08. The van der Waals surface area contributed by atoms with Crippen LogP contribution >= 0.6 is 0 Å². The molecular formula is C36H42N2O12. The number of carbonyl (C=O) groups is 4. The Labute approximate surface area is 288 Å². The van der Waals surface area contributed by atoms with Crippen LogP contribution in [0.1, 0.15) is 96.5 Å². The summed E-state index contributed by atoms with van der Waals surface area (Å²) in [4.78, 5) is 57.1. The highest BCUT2D eigenvalue weighted by Gasteiger charge is 2.54. The van der Waals surface area contributed by atoms with Gasteiger partial charge in [-0.05, 0) is 40.7 Å². The SMILES string of the molecule is COc1cccc2c1C(=O)c1c(O)c3c(c(O)c1C2=O)C[C@@](O)(C(C)=O)C[C@@H]3O[C@H]1CC2C(OC3CN(C(=O)OC(C)(C)C)CCN32)[C@H](C)O1. The zero-order valence-electron chi connectivity index (χ0n) is 28.8. The van der Waals surface area contributed by atoms with Gasteiger partial charge in [0, 0.05) is 55.1 Å². The topological polar surface area (TPSA) is 182 Å². The number of hydrogen-bond donors (Lipinski definition) is 3. The molecule has 2 aromatic rings. The maximum atomic E-state index is 13.9. The number of ether oxygens (including phenoxy) is 5. The monoisotopic (exact) mass is 694 g/mol. The summed E-state index contributed by atoms with van der Waals surface area (Å²) in [5.74, 6) is -3.10. The van der Waals surface area contributed by atoms with Crippen molar-refractivity contribution in [1.29, 1.82) is 0 Å². The molecule has 7 rings (SSSR count). The minimum atomic E-state index is -2.01. The number of Topliss-reactive ketones (excluding diaryl/α,β-unsaturated/α-hetero) is 1. The van der Waals surface area contributed by atoms with E-state index in [2.05, 4.69) is 4.90 Å². The average molecular weight is 695 g/mol. The number of hydrogen-bond acceptors (Lipinski definition) is 13. The van der Waals surface area contributed by atoms with Gasteiger partial charge in [0.2, 0.25) is 5.78 Å². The molecule has 3 heterocycles. The summed E-state index contributed by atoms with van der Waals surface area (Å²) in [5.41, 5.74) is -3.59. The molecule has 3 unspecified atom stereocenters. The second kappa shape index (κ2) is 12.0. The number of aromatic hydroxyl groups is 2. The van der Waals surface area contributed by atoms with E-state index in [9.17, 15) is 34.5 Å².